The summed E-state index contributed by atoms with van der Waals surface area (Å²) in [4.78, 5) is 38.6. The molecule has 124 valence electrons. The second-order valence-corrected chi connectivity index (χ2v) is 7.65. The van der Waals surface area contributed by atoms with E-state index in [1.807, 2.05) is 31.2 Å². The number of allylic oxidation sites excluding steroid dienone is 2. The highest BCUT2D eigenvalue weighted by atomic mass is 79.9. The molecule has 6 heteroatoms. The normalized spacial score (nSPS) is 30.2. The number of aryl methyl sites for hydroxylation is 1. The maximum atomic E-state index is 12.6. The number of benzene rings is 1. The molecule has 1 heterocycles. The Bertz CT molecular complexity index is 758. The molecule has 3 aliphatic rings. The van der Waals surface area contributed by atoms with Crippen molar-refractivity contribution in [3.8, 4) is 0 Å². The number of likely N-dealkylation sites (tertiary alicyclic amines) is 1. The van der Waals surface area contributed by atoms with Crippen LogP contribution in [0.25, 0.3) is 0 Å². The van der Waals surface area contributed by atoms with Gasteiger partial charge in [-0.3, -0.25) is 19.3 Å². The predicted molar refractivity (Wildman–Crippen MR) is 91.9 cm³/mol. The smallest absolute Gasteiger partial charge is 0.244 e. The molecule has 3 amide bonds. The number of rotatable bonds is 3. The van der Waals surface area contributed by atoms with Crippen LogP contribution in [0.5, 0.6) is 0 Å². The third-order valence-electron chi connectivity index (χ3n) is 5.26. The number of hydrogen-bond donors (Lipinski definition) is 1. The zero-order valence-electron chi connectivity index (χ0n) is 13.2. The molecule has 0 aromatic heterocycles. The van der Waals surface area contributed by atoms with Crippen LogP contribution in [0.15, 0.2) is 34.8 Å². The van der Waals surface area contributed by atoms with Crippen molar-refractivity contribution >= 4 is 39.3 Å². The Balaban J connectivity index is 1.47. The van der Waals surface area contributed by atoms with Gasteiger partial charge in [0.25, 0.3) is 0 Å². The number of amides is 3. The topological polar surface area (TPSA) is 66.5 Å². The van der Waals surface area contributed by atoms with Gasteiger partial charge in [-0.15, -0.1) is 0 Å². The standard InChI is InChI=1S/C18H17BrN2O3/c1-9-2-5-13(12(19)6-9)20-14(22)8-21-17(23)15-10-3-4-11(7-10)16(15)18(21)24/h2-6,10-11,15-16H,7-8H2,1H3,(H,20,22)/t10-,11-,15-,16+/m0/s1. The molecule has 1 aliphatic heterocycles. The number of carbonyl (C=O) groups is 3. The molecule has 4 atom stereocenters. The molecule has 2 bridgehead atoms. The summed E-state index contributed by atoms with van der Waals surface area (Å²) in [5.41, 5.74) is 1.70. The first-order valence-electron chi connectivity index (χ1n) is 8.05. The summed E-state index contributed by atoms with van der Waals surface area (Å²) in [5.74, 6) is -0.939. The molecule has 2 fully saturated rings. The van der Waals surface area contributed by atoms with Crippen molar-refractivity contribution in [2.75, 3.05) is 11.9 Å². The van der Waals surface area contributed by atoms with Crippen LogP contribution < -0.4 is 5.32 Å². The number of imide groups is 1. The molecular weight excluding hydrogens is 372 g/mol. The van der Waals surface area contributed by atoms with Gasteiger partial charge in [0.05, 0.1) is 17.5 Å². The second-order valence-electron chi connectivity index (χ2n) is 6.79. The Morgan fingerprint density at radius 3 is 2.42 bits per heavy atom. The molecule has 0 unspecified atom stereocenters. The zero-order chi connectivity index (χ0) is 17.0. The van der Waals surface area contributed by atoms with Gasteiger partial charge in [0.2, 0.25) is 17.7 Å². The van der Waals surface area contributed by atoms with Gasteiger partial charge in [0, 0.05) is 4.47 Å². The maximum Gasteiger partial charge on any atom is 0.244 e. The predicted octanol–water partition coefficient (Wildman–Crippen LogP) is 2.50. The number of nitrogens with zero attached hydrogens (tertiary/aromatic N) is 1. The van der Waals surface area contributed by atoms with Crippen LogP contribution in [-0.2, 0) is 14.4 Å². The van der Waals surface area contributed by atoms with Crippen molar-refractivity contribution in [1.29, 1.82) is 0 Å². The fraction of sp³-hybridized carbons (Fsp3) is 0.389. The van der Waals surface area contributed by atoms with Crippen molar-refractivity contribution in [2.24, 2.45) is 23.7 Å². The van der Waals surface area contributed by atoms with Gasteiger partial charge < -0.3 is 5.32 Å². The first kappa shape index (κ1) is 15.6. The minimum Gasteiger partial charge on any atom is -0.324 e. The highest BCUT2D eigenvalue weighted by Crippen LogP contribution is 2.52. The SMILES string of the molecule is Cc1ccc(NC(=O)CN2C(=O)[C@@H]3[C@H](C2=O)[C@H]2C=C[C@H]3C2)c(Br)c1. The summed E-state index contributed by atoms with van der Waals surface area (Å²) in [7, 11) is 0. The number of hydrogen-bond acceptors (Lipinski definition) is 3. The molecule has 4 rings (SSSR count). The highest BCUT2D eigenvalue weighted by Gasteiger charge is 2.59. The molecule has 0 spiro atoms. The summed E-state index contributed by atoms with van der Waals surface area (Å²) in [6.45, 7) is 1.74. The third kappa shape index (κ3) is 2.32. The third-order valence-corrected chi connectivity index (χ3v) is 5.92. The van der Waals surface area contributed by atoms with Crippen LogP contribution >= 0.6 is 15.9 Å². The minimum absolute atomic E-state index is 0.163. The van der Waals surface area contributed by atoms with E-state index in [4.69, 9.17) is 0 Å². The van der Waals surface area contributed by atoms with Crippen LogP contribution in [0.1, 0.15) is 12.0 Å². The van der Waals surface area contributed by atoms with Gasteiger partial charge >= 0.3 is 0 Å². The Morgan fingerprint density at radius 2 is 1.83 bits per heavy atom. The van der Waals surface area contributed by atoms with Crippen LogP contribution in [0.3, 0.4) is 0 Å². The number of nitrogens with one attached hydrogen (secondary N) is 1. The van der Waals surface area contributed by atoms with Crippen molar-refractivity contribution in [3.05, 3.63) is 40.4 Å². The van der Waals surface area contributed by atoms with Gasteiger partial charge in [-0.25, -0.2) is 0 Å². The lowest BCUT2D eigenvalue weighted by molar-refractivity contribution is -0.143. The van der Waals surface area contributed by atoms with E-state index in [-0.39, 0.29) is 47.9 Å². The van der Waals surface area contributed by atoms with E-state index in [0.29, 0.717) is 5.69 Å². The molecule has 0 radical (unpaired) electrons. The number of carbonyl (C=O) groups excluding carboxylic acids is 3. The molecule has 1 aromatic rings. The maximum absolute atomic E-state index is 12.6. The van der Waals surface area contributed by atoms with E-state index in [2.05, 4.69) is 21.2 Å². The molecule has 1 aromatic carbocycles. The van der Waals surface area contributed by atoms with E-state index in [1.54, 1.807) is 6.07 Å². The first-order chi connectivity index (χ1) is 11.5. The van der Waals surface area contributed by atoms with Gasteiger partial charge in [-0.2, -0.15) is 0 Å². The van der Waals surface area contributed by atoms with E-state index >= 15 is 0 Å². The van der Waals surface area contributed by atoms with Crippen LogP contribution in [0.2, 0.25) is 0 Å². The zero-order valence-corrected chi connectivity index (χ0v) is 14.7. The molecule has 1 N–H and O–H groups in total. The lowest BCUT2D eigenvalue weighted by Gasteiger charge is -2.17. The summed E-state index contributed by atoms with van der Waals surface area (Å²) < 4.78 is 0.772. The van der Waals surface area contributed by atoms with Crippen molar-refractivity contribution in [2.45, 2.75) is 13.3 Å². The number of fused-ring (bicyclic) bond motifs is 5. The summed E-state index contributed by atoms with van der Waals surface area (Å²) in [6, 6.07) is 5.58. The number of halogens is 1. The van der Waals surface area contributed by atoms with E-state index in [9.17, 15) is 14.4 Å². The monoisotopic (exact) mass is 388 g/mol. The van der Waals surface area contributed by atoms with Crippen LogP contribution in [0, 0.1) is 30.6 Å². The Hall–Kier alpha value is -1.95. The Kier molecular flexibility index (Phi) is 3.60. The molecular formula is C18H17BrN2O3. The average molecular weight is 389 g/mol. The van der Waals surface area contributed by atoms with Crippen molar-refractivity contribution < 1.29 is 14.4 Å². The minimum atomic E-state index is -0.360. The van der Waals surface area contributed by atoms with E-state index in [1.165, 1.54) is 0 Å². The van der Waals surface area contributed by atoms with Crippen LogP contribution in [-0.4, -0.2) is 29.2 Å². The number of anilines is 1. The van der Waals surface area contributed by atoms with Gasteiger partial charge in [-0.05, 0) is 58.8 Å². The summed E-state index contributed by atoms with van der Waals surface area (Å²) in [5, 5.41) is 2.76. The lowest BCUT2D eigenvalue weighted by atomic mass is 9.85. The summed E-state index contributed by atoms with van der Waals surface area (Å²) in [6.07, 6.45) is 4.98. The fourth-order valence-electron chi connectivity index (χ4n) is 4.17. The molecule has 1 saturated carbocycles. The second kappa shape index (κ2) is 5.55. The van der Waals surface area contributed by atoms with Crippen LogP contribution in [0.4, 0.5) is 5.69 Å². The fourth-order valence-corrected chi connectivity index (χ4v) is 4.77. The quantitative estimate of drug-likeness (QED) is 0.638. The Morgan fingerprint density at radius 1 is 1.21 bits per heavy atom. The Labute approximate surface area is 148 Å². The molecule has 2 aliphatic carbocycles. The highest BCUT2D eigenvalue weighted by molar-refractivity contribution is 9.10. The van der Waals surface area contributed by atoms with Crippen molar-refractivity contribution in [1.82, 2.24) is 4.90 Å². The summed E-state index contributed by atoms with van der Waals surface area (Å²) >= 11 is 3.41. The van der Waals surface area contributed by atoms with E-state index < -0.39 is 0 Å². The molecule has 5 nitrogen and oxygen atoms in total. The molecule has 1 saturated heterocycles. The van der Waals surface area contributed by atoms with E-state index in [0.717, 1.165) is 21.4 Å². The average Bonchev–Trinajstić information content (AvgIpc) is 3.20. The molecule has 24 heavy (non-hydrogen) atoms. The van der Waals surface area contributed by atoms with Gasteiger partial charge in [-0.1, -0.05) is 18.2 Å². The largest absolute Gasteiger partial charge is 0.324 e. The van der Waals surface area contributed by atoms with Crippen molar-refractivity contribution in [3.63, 3.8) is 0 Å². The lowest BCUT2D eigenvalue weighted by Crippen LogP contribution is -2.39. The van der Waals surface area contributed by atoms with Gasteiger partial charge in [0.1, 0.15) is 6.54 Å². The first-order valence-corrected chi connectivity index (χ1v) is 8.84. The van der Waals surface area contributed by atoms with Gasteiger partial charge in [0.15, 0.2) is 0 Å².